The molecular formula is C31H40N4OS. The van der Waals surface area contributed by atoms with Crippen LogP contribution in [0.5, 0.6) is 0 Å². The second-order valence-corrected chi connectivity index (χ2v) is 11.9. The maximum Gasteiger partial charge on any atom is 0.251 e. The number of carbonyl (C=O) groups is 1. The third-order valence-electron chi connectivity index (χ3n) is 8.20. The van der Waals surface area contributed by atoms with Crippen LogP contribution in [0.3, 0.4) is 0 Å². The van der Waals surface area contributed by atoms with Gasteiger partial charge >= 0.3 is 0 Å². The first kappa shape index (κ1) is 25.9. The van der Waals surface area contributed by atoms with Crippen molar-refractivity contribution in [2.45, 2.75) is 76.8 Å². The minimum atomic E-state index is 0.0516. The van der Waals surface area contributed by atoms with Crippen LogP contribution in [-0.4, -0.2) is 41.0 Å². The number of nitrogens with one attached hydrogen (secondary N) is 1. The van der Waals surface area contributed by atoms with Crippen molar-refractivity contribution in [2.24, 2.45) is 5.92 Å². The van der Waals surface area contributed by atoms with Gasteiger partial charge in [-0.15, -0.1) is 11.3 Å². The molecule has 2 aromatic carbocycles. The molecule has 0 aliphatic heterocycles. The molecule has 3 aromatic rings. The Bertz CT molecular complexity index is 1170. The van der Waals surface area contributed by atoms with E-state index >= 15 is 0 Å². The van der Waals surface area contributed by atoms with Crippen molar-refractivity contribution in [3.05, 3.63) is 70.7 Å². The van der Waals surface area contributed by atoms with E-state index in [-0.39, 0.29) is 11.9 Å². The van der Waals surface area contributed by atoms with Crippen LogP contribution in [0.15, 0.2) is 54.6 Å². The number of rotatable bonds is 9. The molecule has 5 rings (SSSR count). The van der Waals surface area contributed by atoms with Gasteiger partial charge in [0.15, 0.2) is 5.13 Å². The Hall–Kier alpha value is -2.70. The van der Waals surface area contributed by atoms with Gasteiger partial charge in [0.2, 0.25) is 0 Å². The predicted octanol–water partition coefficient (Wildman–Crippen LogP) is 6.34. The highest BCUT2D eigenvalue weighted by Crippen LogP contribution is 2.32. The van der Waals surface area contributed by atoms with Gasteiger partial charge in [-0.05, 0) is 100 Å². The summed E-state index contributed by atoms with van der Waals surface area (Å²) in [7, 11) is 0. The van der Waals surface area contributed by atoms with E-state index in [4.69, 9.17) is 5.73 Å². The minimum Gasteiger partial charge on any atom is -0.375 e. The van der Waals surface area contributed by atoms with Crippen molar-refractivity contribution < 1.29 is 4.79 Å². The van der Waals surface area contributed by atoms with E-state index in [0.29, 0.717) is 6.04 Å². The first-order valence-corrected chi connectivity index (χ1v) is 14.8. The molecule has 37 heavy (non-hydrogen) atoms. The molecule has 1 atom stereocenters. The van der Waals surface area contributed by atoms with Crippen molar-refractivity contribution >= 4 is 22.4 Å². The minimum absolute atomic E-state index is 0.0516. The molecule has 1 aromatic heterocycles. The molecule has 5 nitrogen and oxygen atoms in total. The number of carbonyl (C=O) groups excluding carboxylic acids is 1. The van der Waals surface area contributed by atoms with Crippen LogP contribution in [0, 0.1) is 5.92 Å². The summed E-state index contributed by atoms with van der Waals surface area (Å²) in [6.45, 7) is 4.63. The number of aryl methyl sites for hydroxylation is 1. The number of nitrogen functional groups attached to an aromatic ring is 1. The Balaban J connectivity index is 1.09. The van der Waals surface area contributed by atoms with E-state index in [0.717, 1.165) is 53.4 Å². The second kappa shape index (κ2) is 12.2. The maximum absolute atomic E-state index is 13.0. The van der Waals surface area contributed by atoms with Gasteiger partial charge in [-0.2, -0.15) is 0 Å². The molecule has 2 aliphatic carbocycles. The van der Waals surface area contributed by atoms with Gasteiger partial charge in [0.25, 0.3) is 5.91 Å². The third-order valence-corrected chi connectivity index (χ3v) is 9.14. The molecule has 1 heterocycles. The fourth-order valence-corrected chi connectivity index (χ4v) is 7.09. The smallest absolute Gasteiger partial charge is 0.251 e. The quantitative estimate of drug-likeness (QED) is 0.348. The van der Waals surface area contributed by atoms with Crippen LogP contribution >= 0.6 is 11.3 Å². The number of nitrogens with zero attached hydrogens (tertiary/aromatic N) is 2. The number of hydrogen-bond donors (Lipinski definition) is 2. The predicted molar refractivity (Wildman–Crippen MR) is 154 cm³/mol. The standard InChI is InChI=1S/C31H40N4OS/c1-2-18-35(27-15-16-28-29(21-27)37-31(32)34-28)19-17-22-11-13-26(14-12-22)33-30(36)25-10-6-9-24(20-25)23-7-4-3-5-8-23/h3-10,20,22,26-27H,2,11-19,21H2,1H3,(H2,32,34)(H,33,36)/t22?,26?,27-/m0/s1. The van der Waals surface area contributed by atoms with Crippen LogP contribution in [0.25, 0.3) is 11.1 Å². The lowest BCUT2D eigenvalue weighted by Crippen LogP contribution is -2.41. The van der Waals surface area contributed by atoms with Crippen molar-refractivity contribution in [1.29, 1.82) is 0 Å². The van der Waals surface area contributed by atoms with Crippen LogP contribution in [0.4, 0.5) is 5.13 Å². The Morgan fingerprint density at radius 1 is 1.03 bits per heavy atom. The van der Waals surface area contributed by atoms with Crippen molar-refractivity contribution in [1.82, 2.24) is 15.2 Å². The number of thiazole rings is 1. The normalized spacial score (nSPS) is 21.5. The van der Waals surface area contributed by atoms with Gasteiger partial charge < -0.3 is 16.0 Å². The molecule has 2 aliphatic rings. The highest BCUT2D eigenvalue weighted by molar-refractivity contribution is 7.15. The summed E-state index contributed by atoms with van der Waals surface area (Å²) < 4.78 is 0. The van der Waals surface area contributed by atoms with Crippen LogP contribution in [0.1, 0.15) is 72.8 Å². The van der Waals surface area contributed by atoms with E-state index in [2.05, 4.69) is 40.3 Å². The Morgan fingerprint density at radius 3 is 2.59 bits per heavy atom. The van der Waals surface area contributed by atoms with E-state index in [9.17, 15) is 4.79 Å². The molecular weight excluding hydrogens is 476 g/mol. The summed E-state index contributed by atoms with van der Waals surface area (Å²) in [4.78, 5) is 21.7. The number of benzene rings is 2. The lowest BCUT2D eigenvalue weighted by molar-refractivity contribution is 0.0918. The zero-order valence-electron chi connectivity index (χ0n) is 22.0. The Morgan fingerprint density at radius 2 is 1.81 bits per heavy atom. The topological polar surface area (TPSA) is 71.2 Å². The molecule has 0 spiro atoms. The van der Waals surface area contributed by atoms with Crippen molar-refractivity contribution in [3.8, 4) is 11.1 Å². The SMILES string of the molecule is CCCN(CCC1CCC(NC(=O)c2cccc(-c3ccccc3)c2)CC1)[C@H]1CCc2nc(N)sc2C1. The van der Waals surface area contributed by atoms with Gasteiger partial charge in [-0.1, -0.05) is 49.4 Å². The molecule has 0 saturated heterocycles. The van der Waals surface area contributed by atoms with Gasteiger partial charge in [-0.3, -0.25) is 4.79 Å². The zero-order valence-corrected chi connectivity index (χ0v) is 22.8. The second-order valence-electron chi connectivity index (χ2n) is 10.8. The molecule has 196 valence electrons. The maximum atomic E-state index is 13.0. The van der Waals surface area contributed by atoms with Gasteiger partial charge in [-0.25, -0.2) is 4.98 Å². The van der Waals surface area contributed by atoms with Crippen molar-refractivity contribution in [2.75, 3.05) is 18.8 Å². The van der Waals surface area contributed by atoms with Crippen molar-refractivity contribution in [3.63, 3.8) is 0 Å². The summed E-state index contributed by atoms with van der Waals surface area (Å²) in [6.07, 6.45) is 10.4. The largest absolute Gasteiger partial charge is 0.375 e. The van der Waals surface area contributed by atoms with Gasteiger partial charge in [0.1, 0.15) is 0 Å². The molecule has 6 heteroatoms. The van der Waals surface area contributed by atoms with Crippen LogP contribution in [0.2, 0.25) is 0 Å². The number of amides is 1. The molecule has 3 N–H and O–H groups in total. The zero-order chi connectivity index (χ0) is 25.6. The number of fused-ring (bicyclic) bond motifs is 1. The third kappa shape index (κ3) is 6.60. The van der Waals surface area contributed by atoms with E-state index in [1.807, 2.05) is 36.4 Å². The highest BCUT2D eigenvalue weighted by atomic mass is 32.1. The molecule has 0 bridgehead atoms. The van der Waals surface area contributed by atoms with E-state index < -0.39 is 0 Å². The Kier molecular flexibility index (Phi) is 8.57. The molecule has 1 amide bonds. The highest BCUT2D eigenvalue weighted by Gasteiger charge is 2.28. The molecule has 1 saturated carbocycles. The van der Waals surface area contributed by atoms with E-state index in [1.165, 1.54) is 55.8 Å². The number of anilines is 1. The van der Waals surface area contributed by atoms with Gasteiger partial charge in [0, 0.05) is 22.5 Å². The van der Waals surface area contributed by atoms with Crippen LogP contribution in [-0.2, 0) is 12.8 Å². The molecule has 0 radical (unpaired) electrons. The summed E-state index contributed by atoms with van der Waals surface area (Å²) in [5, 5.41) is 4.04. The summed E-state index contributed by atoms with van der Waals surface area (Å²) in [5.74, 6) is 0.808. The lowest BCUT2D eigenvalue weighted by Gasteiger charge is -2.36. The molecule has 0 unspecified atom stereocenters. The first-order valence-electron chi connectivity index (χ1n) is 14.0. The summed E-state index contributed by atoms with van der Waals surface area (Å²) in [5.41, 5.74) is 10.2. The Labute approximate surface area is 225 Å². The fourth-order valence-electron chi connectivity index (χ4n) is 6.14. The molecule has 1 fully saturated rings. The number of aromatic nitrogens is 1. The van der Waals surface area contributed by atoms with Gasteiger partial charge in [0.05, 0.1) is 5.69 Å². The fraction of sp³-hybridized carbons (Fsp3) is 0.484. The number of nitrogens with two attached hydrogens (primary N) is 1. The van der Waals surface area contributed by atoms with Crippen LogP contribution < -0.4 is 11.1 Å². The summed E-state index contributed by atoms with van der Waals surface area (Å²) >= 11 is 1.68. The monoisotopic (exact) mass is 516 g/mol. The average Bonchev–Trinajstić information content (AvgIpc) is 3.31. The first-order chi connectivity index (χ1) is 18.1. The number of hydrogen-bond acceptors (Lipinski definition) is 5. The lowest BCUT2D eigenvalue weighted by atomic mass is 9.83. The average molecular weight is 517 g/mol. The summed E-state index contributed by atoms with van der Waals surface area (Å²) in [6, 6.07) is 19.1. The van der Waals surface area contributed by atoms with E-state index in [1.54, 1.807) is 11.3 Å².